The molecule has 0 saturated heterocycles. The summed E-state index contributed by atoms with van der Waals surface area (Å²) in [6, 6.07) is 3.66. The number of hydrogen-bond donors (Lipinski definition) is 1. The topological polar surface area (TPSA) is 108 Å². The number of carbonyl (C=O) groups is 2. The van der Waals surface area contributed by atoms with Gasteiger partial charge in [-0.05, 0) is 47.5 Å². The first-order valence-corrected chi connectivity index (χ1v) is 6.96. The molecule has 9 nitrogen and oxygen atoms in total. The molecule has 2 rings (SSSR count). The third kappa shape index (κ3) is 3.75. The number of rotatable bonds is 5. The number of tetrazole rings is 1. The summed E-state index contributed by atoms with van der Waals surface area (Å²) in [6.45, 7) is 3.80. The van der Waals surface area contributed by atoms with Gasteiger partial charge < -0.3 is 14.8 Å². The Hall–Kier alpha value is -3.23. The van der Waals surface area contributed by atoms with Gasteiger partial charge in [0, 0.05) is 5.69 Å². The van der Waals surface area contributed by atoms with Gasteiger partial charge in [0.1, 0.15) is 12.0 Å². The fraction of sp³-hybridized carbons (Fsp3) is 0.267. The highest BCUT2D eigenvalue weighted by atomic mass is 16.5. The Morgan fingerprint density at radius 2 is 1.96 bits per heavy atom. The number of benzene rings is 1. The average Bonchev–Trinajstić information content (AvgIpc) is 3.11. The van der Waals surface area contributed by atoms with Crippen LogP contribution in [-0.2, 0) is 19.1 Å². The van der Waals surface area contributed by atoms with Gasteiger partial charge in [0.15, 0.2) is 0 Å². The lowest BCUT2D eigenvalue weighted by atomic mass is 10.1. The minimum Gasteiger partial charge on any atom is -0.466 e. The lowest BCUT2D eigenvalue weighted by molar-refractivity contribution is -0.138. The summed E-state index contributed by atoms with van der Waals surface area (Å²) in [5, 5.41) is 13.9. The fourth-order valence-electron chi connectivity index (χ4n) is 1.96. The van der Waals surface area contributed by atoms with Crippen molar-refractivity contribution in [3.05, 3.63) is 41.4 Å². The van der Waals surface area contributed by atoms with Gasteiger partial charge in [-0.3, -0.25) is 0 Å². The highest BCUT2D eigenvalue weighted by molar-refractivity contribution is 5.99. The minimum atomic E-state index is -0.690. The second kappa shape index (κ2) is 7.36. The maximum Gasteiger partial charge on any atom is 0.354 e. The van der Waals surface area contributed by atoms with E-state index in [4.69, 9.17) is 0 Å². The molecule has 0 saturated carbocycles. The Labute approximate surface area is 138 Å². The van der Waals surface area contributed by atoms with Crippen LogP contribution in [0.25, 0.3) is 5.69 Å². The standard InChI is InChI=1S/C15H17N5O4/c1-9-5-11(20-8-16-18-19-20)6-12(10(9)2)17-13(15(22)24-4)7-14(21)23-3/h5-8,17H,1-4H3/b13-7+. The van der Waals surface area contributed by atoms with Crippen LogP contribution in [-0.4, -0.2) is 46.4 Å². The van der Waals surface area contributed by atoms with E-state index in [2.05, 4.69) is 30.3 Å². The van der Waals surface area contributed by atoms with E-state index in [9.17, 15) is 9.59 Å². The number of aryl methyl sites for hydroxylation is 1. The van der Waals surface area contributed by atoms with E-state index in [0.29, 0.717) is 11.4 Å². The van der Waals surface area contributed by atoms with Crippen molar-refractivity contribution in [2.45, 2.75) is 13.8 Å². The lowest BCUT2D eigenvalue weighted by Gasteiger charge is -2.15. The number of aromatic nitrogens is 4. The summed E-state index contributed by atoms with van der Waals surface area (Å²) in [7, 11) is 2.45. The number of esters is 2. The first-order valence-electron chi connectivity index (χ1n) is 6.96. The summed E-state index contributed by atoms with van der Waals surface area (Å²) in [4.78, 5) is 23.3. The quantitative estimate of drug-likeness (QED) is 0.636. The molecule has 0 radical (unpaired) electrons. The van der Waals surface area contributed by atoms with Gasteiger partial charge in [0.05, 0.1) is 26.0 Å². The van der Waals surface area contributed by atoms with E-state index in [0.717, 1.165) is 17.2 Å². The third-order valence-corrected chi connectivity index (χ3v) is 3.40. The van der Waals surface area contributed by atoms with Crippen molar-refractivity contribution in [1.29, 1.82) is 0 Å². The van der Waals surface area contributed by atoms with Crippen LogP contribution < -0.4 is 5.32 Å². The van der Waals surface area contributed by atoms with Gasteiger partial charge in [0.2, 0.25) is 0 Å². The molecule has 0 aliphatic rings. The zero-order valence-corrected chi connectivity index (χ0v) is 13.7. The number of hydrogen-bond acceptors (Lipinski definition) is 8. The van der Waals surface area contributed by atoms with Crippen LogP contribution in [0.1, 0.15) is 11.1 Å². The molecule has 0 unspecified atom stereocenters. The van der Waals surface area contributed by atoms with E-state index in [1.807, 2.05) is 19.9 Å². The van der Waals surface area contributed by atoms with Crippen molar-refractivity contribution in [3.8, 4) is 5.69 Å². The van der Waals surface area contributed by atoms with Crippen LogP contribution in [0.4, 0.5) is 5.69 Å². The summed E-state index contributed by atoms with van der Waals surface area (Å²) in [6.07, 6.45) is 2.49. The molecule has 1 N–H and O–H groups in total. The Balaban J connectivity index is 2.44. The molecule has 0 fully saturated rings. The first-order chi connectivity index (χ1) is 11.5. The predicted molar refractivity (Wildman–Crippen MR) is 84.4 cm³/mol. The predicted octanol–water partition coefficient (Wildman–Crippen LogP) is 0.921. The lowest BCUT2D eigenvalue weighted by Crippen LogP contribution is -2.16. The smallest absolute Gasteiger partial charge is 0.354 e. The molecule has 1 aromatic heterocycles. The van der Waals surface area contributed by atoms with E-state index in [1.54, 1.807) is 6.07 Å². The van der Waals surface area contributed by atoms with Gasteiger partial charge in [-0.15, -0.1) is 5.10 Å². The molecule has 2 aromatic rings. The molecule has 0 amide bonds. The molecular weight excluding hydrogens is 314 g/mol. The zero-order valence-electron chi connectivity index (χ0n) is 13.7. The highest BCUT2D eigenvalue weighted by Crippen LogP contribution is 2.24. The number of methoxy groups -OCH3 is 2. The largest absolute Gasteiger partial charge is 0.466 e. The second-order valence-corrected chi connectivity index (χ2v) is 4.89. The molecule has 1 aromatic carbocycles. The molecule has 0 bridgehead atoms. The number of ether oxygens (including phenoxy) is 2. The van der Waals surface area contributed by atoms with E-state index in [-0.39, 0.29) is 5.70 Å². The fourth-order valence-corrected chi connectivity index (χ4v) is 1.96. The number of nitrogens with zero attached hydrogens (tertiary/aromatic N) is 4. The van der Waals surface area contributed by atoms with E-state index >= 15 is 0 Å². The second-order valence-electron chi connectivity index (χ2n) is 4.89. The van der Waals surface area contributed by atoms with E-state index < -0.39 is 11.9 Å². The van der Waals surface area contributed by atoms with Crippen LogP contribution in [0.5, 0.6) is 0 Å². The Morgan fingerprint density at radius 3 is 2.54 bits per heavy atom. The molecule has 0 spiro atoms. The van der Waals surface area contributed by atoms with Crippen LogP contribution in [0, 0.1) is 13.8 Å². The van der Waals surface area contributed by atoms with Gasteiger partial charge in [-0.2, -0.15) is 0 Å². The Morgan fingerprint density at radius 1 is 1.21 bits per heavy atom. The molecule has 0 atom stereocenters. The van der Waals surface area contributed by atoms with Crippen molar-refractivity contribution in [2.24, 2.45) is 0 Å². The molecule has 0 aliphatic carbocycles. The van der Waals surface area contributed by atoms with Gasteiger partial charge >= 0.3 is 11.9 Å². The Bertz CT molecular complexity index is 783. The Kier molecular flexibility index (Phi) is 5.25. The maximum atomic E-state index is 11.9. The van der Waals surface area contributed by atoms with Gasteiger partial charge in [0.25, 0.3) is 0 Å². The number of carbonyl (C=O) groups excluding carboxylic acids is 2. The van der Waals surface area contributed by atoms with Crippen LogP contribution in [0.2, 0.25) is 0 Å². The molecule has 24 heavy (non-hydrogen) atoms. The van der Waals surface area contributed by atoms with Crippen molar-refractivity contribution in [1.82, 2.24) is 20.2 Å². The summed E-state index contributed by atoms with van der Waals surface area (Å²) < 4.78 is 10.7. The summed E-state index contributed by atoms with van der Waals surface area (Å²) >= 11 is 0. The van der Waals surface area contributed by atoms with Crippen molar-refractivity contribution < 1.29 is 19.1 Å². The van der Waals surface area contributed by atoms with Gasteiger partial charge in [-0.25, -0.2) is 14.3 Å². The molecular formula is C15H17N5O4. The van der Waals surface area contributed by atoms with Crippen molar-refractivity contribution in [2.75, 3.05) is 19.5 Å². The SMILES string of the molecule is COC(=O)/C=C(/Nc1cc(-n2cnnn2)cc(C)c1C)C(=O)OC. The molecule has 1 heterocycles. The number of nitrogens with one attached hydrogen (secondary N) is 1. The zero-order chi connectivity index (χ0) is 17.7. The molecule has 0 aliphatic heterocycles. The minimum absolute atomic E-state index is 0.0410. The van der Waals surface area contributed by atoms with E-state index in [1.165, 1.54) is 25.2 Å². The van der Waals surface area contributed by atoms with Crippen LogP contribution in [0.15, 0.2) is 30.2 Å². The van der Waals surface area contributed by atoms with Gasteiger partial charge in [-0.1, -0.05) is 0 Å². The first kappa shape index (κ1) is 17.1. The van der Waals surface area contributed by atoms with Crippen LogP contribution in [0.3, 0.4) is 0 Å². The monoisotopic (exact) mass is 331 g/mol. The summed E-state index contributed by atoms with van der Waals surface area (Å²) in [5.74, 6) is -1.36. The highest BCUT2D eigenvalue weighted by Gasteiger charge is 2.15. The molecule has 126 valence electrons. The third-order valence-electron chi connectivity index (χ3n) is 3.40. The van der Waals surface area contributed by atoms with Crippen molar-refractivity contribution in [3.63, 3.8) is 0 Å². The maximum absolute atomic E-state index is 11.9. The van der Waals surface area contributed by atoms with Crippen LogP contribution >= 0.6 is 0 Å². The van der Waals surface area contributed by atoms with Crippen molar-refractivity contribution >= 4 is 17.6 Å². The molecule has 9 heteroatoms. The summed E-state index contributed by atoms with van der Waals surface area (Å²) in [5.41, 5.74) is 3.12. The normalized spacial score (nSPS) is 11.1. The number of anilines is 1. The average molecular weight is 331 g/mol.